The predicted molar refractivity (Wildman–Crippen MR) is 72.6 cm³/mol. The molecule has 17 heavy (non-hydrogen) atoms. The fourth-order valence-electron chi connectivity index (χ4n) is 2.12. The Morgan fingerprint density at radius 3 is 3.00 bits per heavy atom. The third-order valence-corrected chi connectivity index (χ3v) is 4.30. The molecule has 2 nitrogen and oxygen atoms in total. The van der Waals surface area contributed by atoms with E-state index in [1.807, 2.05) is 36.0 Å². The van der Waals surface area contributed by atoms with E-state index < -0.39 is 0 Å². The molecule has 0 aromatic heterocycles. The molecule has 2 unspecified atom stereocenters. The summed E-state index contributed by atoms with van der Waals surface area (Å²) in [4.78, 5) is 0. The zero-order valence-electron chi connectivity index (χ0n) is 10.3. The molecule has 94 valence electrons. The SMILES string of the molecule is CCCOc1ccccc1C(O)C1CCSC1. The second kappa shape index (κ2) is 6.31. The Balaban J connectivity index is 2.12. The van der Waals surface area contributed by atoms with Gasteiger partial charge in [-0.3, -0.25) is 0 Å². The fraction of sp³-hybridized carbons (Fsp3) is 0.571. The van der Waals surface area contributed by atoms with Crippen LogP contribution in [0.3, 0.4) is 0 Å². The molecule has 1 N–H and O–H groups in total. The van der Waals surface area contributed by atoms with Crippen LogP contribution in [0.15, 0.2) is 24.3 Å². The van der Waals surface area contributed by atoms with Crippen LogP contribution in [0.2, 0.25) is 0 Å². The lowest BCUT2D eigenvalue weighted by atomic mass is 9.95. The first-order valence-corrected chi connectivity index (χ1v) is 7.46. The van der Waals surface area contributed by atoms with Gasteiger partial charge in [0.15, 0.2) is 0 Å². The van der Waals surface area contributed by atoms with Crippen LogP contribution in [0.4, 0.5) is 0 Å². The highest BCUT2D eigenvalue weighted by molar-refractivity contribution is 7.99. The summed E-state index contributed by atoms with van der Waals surface area (Å²) < 4.78 is 5.70. The standard InChI is InChI=1S/C14H20O2S/c1-2-8-16-13-6-4-3-5-12(13)14(15)11-7-9-17-10-11/h3-6,11,14-15H,2,7-10H2,1H3. The Morgan fingerprint density at radius 2 is 2.29 bits per heavy atom. The van der Waals surface area contributed by atoms with Gasteiger partial charge in [-0.15, -0.1) is 0 Å². The summed E-state index contributed by atoms with van der Waals surface area (Å²) in [6.45, 7) is 2.80. The molecule has 0 radical (unpaired) electrons. The van der Waals surface area contributed by atoms with Crippen molar-refractivity contribution in [2.24, 2.45) is 5.92 Å². The van der Waals surface area contributed by atoms with Crippen LogP contribution in [0.25, 0.3) is 0 Å². The van der Waals surface area contributed by atoms with Gasteiger partial charge < -0.3 is 9.84 Å². The van der Waals surface area contributed by atoms with Crippen molar-refractivity contribution >= 4 is 11.8 Å². The Hall–Kier alpha value is -0.670. The maximum Gasteiger partial charge on any atom is 0.125 e. The summed E-state index contributed by atoms with van der Waals surface area (Å²) in [5.41, 5.74) is 0.952. The summed E-state index contributed by atoms with van der Waals surface area (Å²) in [6, 6.07) is 7.87. The lowest BCUT2D eigenvalue weighted by Crippen LogP contribution is -2.13. The van der Waals surface area contributed by atoms with E-state index >= 15 is 0 Å². The Bertz CT molecular complexity index is 348. The third kappa shape index (κ3) is 3.17. The van der Waals surface area contributed by atoms with Crippen LogP contribution < -0.4 is 4.74 Å². The second-order valence-electron chi connectivity index (χ2n) is 4.45. The summed E-state index contributed by atoms with van der Waals surface area (Å²) in [7, 11) is 0. The second-order valence-corrected chi connectivity index (χ2v) is 5.60. The van der Waals surface area contributed by atoms with Gasteiger partial charge in [0.25, 0.3) is 0 Å². The number of aliphatic hydroxyl groups is 1. The number of ether oxygens (including phenoxy) is 1. The number of rotatable bonds is 5. The van der Waals surface area contributed by atoms with Gasteiger partial charge in [-0.25, -0.2) is 0 Å². The highest BCUT2D eigenvalue weighted by Gasteiger charge is 2.26. The molecule has 1 aliphatic heterocycles. The Labute approximate surface area is 107 Å². The summed E-state index contributed by atoms with van der Waals surface area (Å²) in [5.74, 6) is 3.45. The molecule has 1 saturated heterocycles. The van der Waals surface area contributed by atoms with Crippen LogP contribution in [-0.2, 0) is 0 Å². The van der Waals surface area contributed by atoms with Gasteiger partial charge in [-0.1, -0.05) is 25.1 Å². The molecule has 2 rings (SSSR count). The van der Waals surface area contributed by atoms with Gasteiger partial charge >= 0.3 is 0 Å². The van der Waals surface area contributed by atoms with E-state index in [0.717, 1.165) is 29.9 Å². The van der Waals surface area contributed by atoms with Gasteiger partial charge in [0, 0.05) is 5.56 Å². The molecule has 2 atom stereocenters. The van der Waals surface area contributed by atoms with Crippen molar-refractivity contribution in [2.45, 2.75) is 25.9 Å². The monoisotopic (exact) mass is 252 g/mol. The van der Waals surface area contributed by atoms with E-state index in [2.05, 4.69) is 6.92 Å². The molecular weight excluding hydrogens is 232 g/mol. The number of benzene rings is 1. The summed E-state index contributed by atoms with van der Waals surface area (Å²) in [6.07, 6.45) is 1.72. The number of aliphatic hydroxyl groups excluding tert-OH is 1. The minimum Gasteiger partial charge on any atom is -0.493 e. The third-order valence-electron chi connectivity index (χ3n) is 3.11. The molecule has 0 aliphatic carbocycles. The molecule has 1 aromatic carbocycles. The van der Waals surface area contributed by atoms with Crippen molar-refractivity contribution in [1.82, 2.24) is 0 Å². The van der Waals surface area contributed by atoms with E-state index in [-0.39, 0.29) is 6.10 Å². The van der Waals surface area contributed by atoms with Crippen LogP contribution in [0, 0.1) is 5.92 Å². The van der Waals surface area contributed by atoms with Crippen molar-refractivity contribution in [3.05, 3.63) is 29.8 Å². The Kier molecular flexibility index (Phi) is 4.75. The molecule has 0 spiro atoms. The Morgan fingerprint density at radius 1 is 1.47 bits per heavy atom. The van der Waals surface area contributed by atoms with E-state index in [1.165, 1.54) is 5.75 Å². The molecule has 0 bridgehead atoms. The number of para-hydroxylation sites is 1. The maximum atomic E-state index is 10.4. The zero-order valence-corrected chi connectivity index (χ0v) is 11.1. The van der Waals surface area contributed by atoms with Crippen LogP contribution in [0.5, 0.6) is 5.75 Å². The van der Waals surface area contributed by atoms with Crippen LogP contribution >= 0.6 is 11.8 Å². The van der Waals surface area contributed by atoms with E-state index in [4.69, 9.17) is 4.74 Å². The highest BCUT2D eigenvalue weighted by Crippen LogP contribution is 2.37. The molecular formula is C14H20O2S. The molecule has 1 aromatic rings. The molecule has 0 saturated carbocycles. The zero-order chi connectivity index (χ0) is 12.1. The highest BCUT2D eigenvalue weighted by atomic mass is 32.2. The quantitative estimate of drug-likeness (QED) is 0.872. The van der Waals surface area contributed by atoms with E-state index in [9.17, 15) is 5.11 Å². The predicted octanol–water partition coefficient (Wildman–Crippen LogP) is 3.26. The van der Waals surface area contributed by atoms with Gasteiger partial charge in [0.05, 0.1) is 12.7 Å². The van der Waals surface area contributed by atoms with Crippen molar-refractivity contribution in [3.8, 4) is 5.75 Å². The number of hydrogen-bond donors (Lipinski definition) is 1. The minimum atomic E-state index is -0.377. The van der Waals surface area contributed by atoms with Crippen molar-refractivity contribution in [2.75, 3.05) is 18.1 Å². The topological polar surface area (TPSA) is 29.5 Å². The van der Waals surface area contributed by atoms with Crippen molar-refractivity contribution < 1.29 is 9.84 Å². The lowest BCUT2D eigenvalue weighted by molar-refractivity contribution is 0.117. The van der Waals surface area contributed by atoms with Gasteiger partial charge in [0.2, 0.25) is 0 Å². The largest absolute Gasteiger partial charge is 0.493 e. The first kappa shape index (κ1) is 12.8. The normalized spacial score (nSPS) is 21.4. The summed E-state index contributed by atoms with van der Waals surface area (Å²) >= 11 is 1.93. The van der Waals surface area contributed by atoms with Gasteiger partial charge in [0.1, 0.15) is 5.75 Å². The number of thioether (sulfide) groups is 1. The molecule has 1 aliphatic rings. The average Bonchev–Trinajstić information content (AvgIpc) is 2.89. The molecule has 1 fully saturated rings. The molecule has 0 amide bonds. The van der Waals surface area contributed by atoms with Gasteiger partial charge in [-0.2, -0.15) is 11.8 Å². The van der Waals surface area contributed by atoms with E-state index in [1.54, 1.807) is 0 Å². The summed E-state index contributed by atoms with van der Waals surface area (Å²) in [5, 5.41) is 10.4. The molecule has 1 heterocycles. The van der Waals surface area contributed by atoms with Gasteiger partial charge in [-0.05, 0) is 36.3 Å². The number of hydrogen-bond acceptors (Lipinski definition) is 3. The van der Waals surface area contributed by atoms with E-state index in [0.29, 0.717) is 12.5 Å². The minimum absolute atomic E-state index is 0.377. The smallest absolute Gasteiger partial charge is 0.125 e. The lowest BCUT2D eigenvalue weighted by Gasteiger charge is -2.20. The average molecular weight is 252 g/mol. The first-order chi connectivity index (χ1) is 8.33. The first-order valence-electron chi connectivity index (χ1n) is 6.30. The van der Waals surface area contributed by atoms with Crippen LogP contribution in [-0.4, -0.2) is 23.2 Å². The fourth-order valence-corrected chi connectivity index (χ4v) is 3.41. The van der Waals surface area contributed by atoms with Crippen LogP contribution in [0.1, 0.15) is 31.4 Å². The van der Waals surface area contributed by atoms with Crippen molar-refractivity contribution in [1.29, 1.82) is 0 Å². The maximum absolute atomic E-state index is 10.4. The molecule has 3 heteroatoms. The van der Waals surface area contributed by atoms with Crippen molar-refractivity contribution in [3.63, 3.8) is 0 Å².